The number of hydrogen-bond acceptors (Lipinski definition) is 7. The lowest BCUT2D eigenvalue weighted by Gasteiger charge is -2.20. The Morgan fingerprint density at radius 1 is 1.50 bits per heavy atom. The highest BCUT2D eigenvalue weighted by Crippen LogP contribution is 2.22. The lowest BCUT2D eigenvalue weighted by molar-refractivity contribution is -0.118. The monoisotopic (exact) mass is 452 g/mol. The Hall–Kier alpha value is -1.47. The molecule has 24 heavy (non-hydrogen) atoms. The summed E-state index contributed by atoms with van der Waals surface area (Å²) in [6.45, 7) is 1.60. The molecule has 0 aromatic carbocycles. The van der Waals surface area contributed by atoms with Gasteiger partial charge in [0, 0.05) is 6.54 Å². The van der Waals surface area contributed by atoms with E-state index >= 15 is 0 Å². The molecule has 2 atom stereocenters. The summed E-state index contributed by atoms with van der Waals surface area (Å²) in [6.07, 6.45) is 3.00. The number of amides is 3. The third-order valence-corrected chi connectivity index (χ3v) is 3.99. The van der Waals surface area contributed by atoms with E-state index in [1.54, 1.807) is 23.0 Å². The van der Waals surface area contributed by atoms with Gasteiger partial charge in [-0.2, -0.15) is 4.98 Å². The number of halogens is 1. The summed E-state index contributed by atoms with van der Waals surface area (Å²) in [5.41, 5.74) is 5.24. The molecule has 134 valence electrons. The number of carbonyl (C=O) groups excluding carboxylic acids is 2. The smallest absolute Gasteiger partial charge is 0.315 e. The molecule has 0 saturated carbocycles. The molecule has 0 radical (unpaired) electrons. The van der Waals surface area contributed by atoms with Crippen molar-refractivity contribution in [3.63, 3.8) is 0 Å². The first-order valence-corrected chi connectivity index (χ1v) is 8.61. The molecule has 1 fully saturated rings. The summed E-state index contributed by atoms with van der Waals surface area (Å²) >= 11 is 1.74. The number of hydrogen-bond donors (Lipinski definition) is 4. The van der Waals surface area contributed by atoms with Crippen LogP contribution in [-0.4, -0.2) is 41.8 Å². The molecule has 5 N–H and O–H groups in total. The standard InChI is InChI=1S/C13H21IN6O4/c14-23-6-5-17-13(22)18-9(7-10(15)21)12-19-11(20-24-12)8-3-1-2-4-16-8/h8-9,16H,1-7H2,(H2,15,21)(H2,17,18,22)/t8-,9?/m1/s1. The predicted octanol–water partition coefficient (Wildman–Crippen LogP) is 0.466. The van der Waals surface area contributed by atoms with Gasteiger partial charge in [0.1, 0.15) is 29.0 Å². The van der Waals surface area contributed by atoms with Crippen LogP contribution >= 0.6 is 23.0 Å². The van der Waals surface area contributed by atoms with Gasteiger partial charge in [0.15, 0.2) is 5.82 Å². The number of nitrogens with one attached hydrogen (secondary N) is 3. The largest absolute Gasteiger partial charge is 0.370 e. The molecule has 1 aromatic rings. The topological polar surface area (TPSA) is 144 Å². The molecule has 0 spiro atoms. The maximum Gasteiger partial charge on any atom is 0.315 e. The Bertz CT molecular complexity index is 548. The van der Waals surface area contributed by atoms with Crippen molar-refractivity contribution in [2.24, 2.45) is 5.73 Å². The molecule has 11 heteroatoms. The van der Waals surface area contributed by atoms with Gasteiger partial charge in [-0.25, -0.2) is 4.79 Å². The summed E-state index contributed by atoms with van der Waals surface area (Å²) in [5, 5.41) is 12.5. The van der Waals surface area contributed by atoms with Crippen molar-refractivity contribution in [2.75, 3.05) is 19.7 Å². The number of urea groups is 1. The van der Waals surface area contributed by atoms with E-state index in [0.717, 1.165) is 25.8 Å². The minimum Gasteiger partial charge on any atom is -0.370 e. The van der Waals surface area contributed by atoms with Gasteiger partial charge in [-0.15, -0.1) is 0 Å². The van der Waals surface area contributed by atoms with E-state index in [2.05, 4.69) is 26.1 Å². The molecule has 1 aliphatic rings. The number of nitrogens with zero attached hydrogens (tertiary/aromatic N) is 2. The van der Waals surface area contributed by atoms with Crippen molar-refractivity contribution >= 4 is 34.9 Å². The summed E-state index contributed by atoms with van der Waals surface area (Å²) in [7, 11) is 0. The van der Waals surface area contributed by atoms with Gasteiger partial charge in [-0.1, -0.05) is 11.6 Å². The number of primary amides is 1. The van der Waals surface area contributed by atoms with Crippen LogP contribution in [0.1, 0.15) is 49.5 Å². The Balaban J connectivity index is 2.00. The highest BCUT2D eigenvalue weighted by molar-refractivity contribution is 14.1. The van der Waals surface area contributed by atoms with Gasteiger partial charge in [0.25, 0.3) is 0 Å². The van der Waals surface area contributed by atoms with Gasteiger partial charge >= 0.3 is 6.03 Å². The molecule has 0 aliphatic carbocycles. The van der Waals surface area contributed by atoms with E-state index in [4.69, 9.17) is 13.3 Å². The quantitative estimate of drug-likeness (QED) is 0.332. The number of aromatic nitrogens is 2. The lowest BCUT2D eigenvalue weighted by atomic mass is 10.0. The fraction of sp³-hybridized carbons (Fsp3) is 0.692. The first kappa shape index (κ1) is 18.9. The molecule has 1 unspecified atom stereocenters. The van der Waals surface area contributed by atoms with E-state index < -0.39 is 18.0 Å². The van der Waals surface area contributed by atoms with E-state index in [9.17, 15) is 9.59 Å². The SMILES string of the molecule is NC(=O)CC(NC(=O)NCCOI)c1nc([C@H]2CCCCN2)no1. The van der Waals surface area contributed by atoms with Crippen molar-refractivity contribution < 1.29 is 17.2 Å². The fourth-order valence-electron chi connectivity index (χ4n) is 2.42. The van der Waals surface area contributed by atoms with Crippen molar-refractivity contribution in [1.29, 1.82) is 0 Å². The second kappa shape index (κ2) is 9.74. The Kier molecular flexibility index (Phi) is 7.65. The number of nitrogens with two attached hydrogens (primary N) is 1. The third kappa shape index (κ3) is 5.87. The molecule has 1 saturated heterocycles. The first-order valence-electron chi connectivity index (χ1n) is 7.73. The maximum atomic E-state index is 11.9. The summed E-state index contributed by atoms with van der Waals surface area (Å²) < 4.78 is 10.1. The Labute approximate surface area is 153 Å². The molecule has 3 amide bonds. The van der Waals surface area contributed by atoms with Crippen LogP contribution in [0.15, 0.2) is 4.52 Å². The molecule has 1 aromatic heterocycles. The normalized spacial score (nSPS) is 18.8. The van der Waals surface area contributed by atoms with Crippen molar-refractivity contribution in [1.82, 2.24) is 26.1 Å². The van der Waals surface area contributed by atoms with Gasteiger partial charge in [0.05, 0.1) is 19.1 Å². The van der Waals surface area contributed by atoms with Gasteiger partial charge in [0.2, 0.25) is 11.8 Å². The van der Waals surface area contributed by atoms with Crippen LogP contribution in [0.25, 0.3) is 0 Å². The van der Waals surface area contributed by atoms with Crippen LogP contribution in [-0.2, 0) is 7.86 Å². The second-order valence-corrected chi connectivity index (χ2v) is 6.05. The van der Waals surface area contributed by atoms with E-state index in [0.29, 0.717) is 19.0 Å². The van der Waals surface area contributed by atoms with Crippen LogP contribution in [0.3, 0.4) is 0 Å². The average Bonchev–Trinajstić information content (AvgIpc) is 3.05. The summed E-state index contributed by atoms with van der Waals surface area (Å²) in [4.78, 5) is 27.4. The number of piperidine rings is 1. The van der Waals surface area contributed by atoms with E-state index in [1.807, 2.05) is 0 Å². The van der Waals surface area contributed by atoms with Crippen molar-refractivity contribution in [3.05, 3.63) is 11.7 Å². The molecule has 1 aliphatic heterocycles. The molecule has 2 heterocycles. The minimum absolute atomic E-state index is 0.0279. The molecular formula is C13H21IN6O4. The molecule has 0 bridgehead atoms. The minimum atomic E-state index is -0.770. The Morgan fingerprint density at radius 3 is 3.00 bits per heavy atom. The first-order chi connectivity index (χ1) is 11.6. The zero-order valence-corrected chi connectivity index (χ0v) is 15.2. The Morgan fingerprint density at radius 2 is 2.33 bits per heavy atom. The van der Waals surface area contributed by atoms with Crippen LogP contribution in [0.2, 0.25) is 0 Å². The highest BCUT2D eigenvalue weighted by Gasteiger charge is 2.26. The number of carbonyl (C=O) groups is 2. The van der Waals surface area contributed by atoms with Gasteiger partial charge in [-0.3, -0.25) is 4.79 Å². The van der Waals surface area contributed by atoms with E-state index in [-0.39, 0.29) is 18.4 Å². The highest BCUT2D eigenvalue weighted by atomic mass is 127. The van der Waals surface area contributed by atoms with Crippen LogP contribution in [0.4, 0.5) is 4.79 Å². The van der Waals surface area contributed by atoms with Crippen LogP contribution < -0.4 is 21.7 Å². The van der Waals surface area contributed by atoms with Crippen LogP contribution in [0, 0.1) is 0 Å². The average molecular weight is 452 g/mol. The van der Waals surface area contributed by atoms with Crippen molar-refractivity contribution in [3.8, 4) is 0 Å². The molecule has 10 nitrogen and oxygen atoms in total. The molecule has 2 rings (SSSR count). The number of rotatable bonds is 8. The third-order valence-electron chi connectivity index (χ3n) is 3.55. The molecular weight excluding hydrogens is 431 g/mol. The van der Waals surface area contributed by atoms with Crippen LogP contribution in [0.5, 0.6) is 0 Å². The second-order valence-electron chi connectivity index (χ2n) is 5.43. The summed E-state index contributed by atoms with van der Waals surface area (Å²) in [5.74, 6) is 0.114. The zero-order chi connectivity index (χ0) is 17.4. The van der Waals surface area contributed by atoms with Gasteiger partial charge < -0.3 is 29.3 Å². The zero-order valence-electron chi connectivity index (χ0n) is 13.1. The fourth-order valence-corrected chi connectivity index (χ4v) is 2.64. The summed E-state index contributed by atoms with van der Waals surface area (Å²) in [6, 6.07) is -1.21. The maximum absolute atomic E-state index is 11.9. The van der Waals surface area contributed by atoms with E-state index in [1.165, 1.54) is 0 Å². The lowest BCUT2D eigenvalue weighted by Crippen LogP contribution is -2.40. The van der Waals surface area contributed by atoms with Gasteiger partial charge in [-0.05, 0) is 19.4 Å². The predicted molar refractivity (Wildman–Crippen MR) is 92.0 cm³/mol. The van der Waals surface area contributed by atoms with Crippen molar-refractivity contribution in [2.45, 2.75) is 37.8 Å².